The minimum absolute atomic E-state index is 0.0612. The quantitative estimate of drug-likeness (QED) is 0.0834. The van der Waals surface area contributed by atoms with Gasteiger partial charge in [0.05, 0.1) is 31.5 Å². The number of aromatic amines is 1. The predicted octanol–water partition coefficient (Wildman–Crippen LogP) is 5.35. The Morgan fingerprint density at radius 1 is 1.05 bits per heavy atom. The topological polar surface area (TPSA) is 203 Å². The number of hydrogen-bond donors (Lipinski definition) is 2. The highest BCUT2D eigenvalue weighted by atomic mass is 32.1. The van der Waals surface area contributed by atoms with Gasteiger partial charge in [-0.3, -0.25) is 24.0 Å². The average Bonchev–Trinajstić information content (AvgIpc) is 3.93. The van der Waals surface area contributed by atoms with Gasteiger partial charge in [0, 0.05) is 78.8 Å². The van der Waals surface area contributed by atoms with Gasteiger partial charge in [-0.25, -0.2) is 4.79 Å². The van der Waals surface area contributed by atoms with E-state index in [1.54, 1.807) is 45.0 Å². The smallest absolute Gasteiger partial charge is 0.331 e. The Bertz CT molecular complexity index is 2250. The van der Waals surface area contributed by atoms with Gasteiger partial charge in [-0.1, -0.05) is 19.9 Å². The monoisotopic (exact) mass is 903 g/mol. The number of fused-ring (bicyclic) bond motifs is 1. The zero-order chi connectivity index (χ0) is 46.7. The first-order valence-electron chi connectivity index (χ1n) is 21.7. The lowest BCUT2D eigenvalue weighted by Crippen LogP contribution is -2.54. The first kappa shape index (κ1) is 49.3. The zero-order valence-corrected chi connectivity index (χ0v) is 39.1. The lowest BCUT2D eigenvalue weighted by molar-refractivity contribution is -0.163. The highest BCUT2D eigenvalue weighted by Crippen LogP contribution is 2.35. The van der Waals surface area contributed by atoms with Gasteiger partial charge in [0.25, 0.3) is 11.8 Å². The Morgan fingerprint density at radius 2 is 1.77 bits per heavy atom. The highest BCUT2D eigenvalue weighted by molar-refractivity contribution is 6.99. The van der Waals surface area contributed by atoms with E-state index < -0.39 is 41.5 Å². The number of aromatic nitrogens is 3. The molecule has 64 heavy (non-hydrogen) atoms. The molecule has 2 aromatic heterocycles. The third-order valence-corrected chi connectivity index (χ3v) is 11.6. The molecule has 1 aromatic carbocycles. The lowest BCUT2D eigenvalue weighted by Gasteiger charge is -2.39. The fourth-order valence-corrected chi connectivity index (χ4v) is 8.24. The first-order valence-corrected chi connectivity index (χ1v) is 22.4. The van der Waals surface area contributed by atoms with Crippen LogP contribution in [0.25, 0.3) is 11.6 Å². The van der Waals surface area contributed by atoms with Crippen LogP contribution in [-0.2, 0) is 44.6 Å². The number of aryl methyl sites for hydroxylation is 1. The third kappa shape index (κ3) is 12.9. The molecule has 0 radical (unpaired) electrons. The Morgan fingerprint density at radius 3 is 2.44 bits per heavy atom. The van der Waals surface area contributed by atoms with Crippen LogP contribution < -0.4 is 15.0 Å². The second kappa shape index (κ2) is 22.3. The molecule has 1 saturated heterocycles. The number of rotatable bonds is 20. The van der Waals surface area contributed by atoms with Crippen molar-refractivity contribution in [1.29, 1.82) is 0 Å². The molecule has 17 nitrogen and oxygen atoms in total. The summed E-state index contributed by atoms with van der Waals surface area (Å²) < 4.78 is 31.2. The molecular weight excluding hydrogens is 843 g/mol. The van der Waals surface area contributed by atoms with Gasteiger partial charge in [-0.2, -0.15) is 4.37 Å². The van der Waals surface area contributed by atoms with Crippen molar-refractivity contribution in [1.82, 2.24) is 23.5 Å². The van der Waals surface area contributed by atoms with Crippen molar-refractivity contribution < 1.29 is 47.7 Å². The van der Waals surface area contributed by atoms with Gasteiger partial charge in [0.1, 0.15) is 6.61 Å². The maximum Gasteiger partial charge on any atom is 0.331 e. The molecule has 2 atom stereocenters. The second-order valence-electron chi connectivity index (χ2n) is 16.8. The van der Waals surface area contributed by atoms with Crippen LogP contribution in [0.3, 0.4) is 0 Å². The molecule has 0 saturated carbocycles. The Balaban J connectivity index is 1.29. The molecule has 2 aliphatic rings. The van der Waals surface area contributed by atoms with Crippen LogP contribution in [-0.4, -0.2) is 136 Å². The highest BCUT2D eigenvalue weighted by Gasteiger charge is 2.35. The number of ketones is 2. The van der Waals surface area contributed by atoms with Crippen LogP contribution >= 0.6 is 11.7 Å². The number of hydrogen-bond acceptors (Lipinski definition) is 15. The molecular formula is C46H61N7O10S. The molecule has 1 unspecified atom stereocenters. The fraction of sp³-hybridized carbons (Fsp3) is 0.522. The van der Waals surface area contributed by atoms with Crippen LogP contribution in [0.5, 0.6) is 5.88 Å². The molecule has 1 aliphatic carbocycles. The van der Waals surface area contributed by atoms with E-state index >= 15 is 0 Å². The van der Waals surface area contributed by atoms with Gasteiger partial charge in [-0.15, -0.1) is 4.37 Å². The molecule has 346 valence electrons. The van der Waals surface area contributed by atoms with E-state index in [2.05, 4.69) is 37.8 Å². The summed E-state index contributed by atoms with van der Waals surface area (Å²) in [6.07, 6.45) is 2.96. The molecule has 5 rings (SSSR count). The summed E-state index contributed by atoms with van der Waals surface area (Å²) in [5, 5.41) is 2.76. The van der Waals surface area contributed by atoms with Gasteiger partial charge in [0.15, 0.2) is 23.8 Å². The van der Waals surface area contributed by atoms with Crippen LogP contribution in [0.15, 0.2) is 30.4 Å². The maximum atomic E-state index is 13.6. The Hall–Kier alpha value is -5.72. The summed E-state index contributed by atoms with van der Waals surface area (Å²) in [5.74, 6) is -1.92. The number of amides is 2. The molecule has 0 spiro atoms. The van der Waals surface area contributed by atoms with Gasteiger partial charge in [-0.05, 0) is 102 Å². The molecule has 3 heterocycles. The van der Waals surface area contributed by atoms with Crippen molar-refractivity contribution in [2.45, 2.75) is 99.3 Å². The van der Waals surface area contributed by atoms with E-state index in [1.165, 1.54) is 18.7 Å². The fourth-order valence-electron chi connectivity index (χ4n) is 7.72. The Kier molecular flexibility index (Phi) is 17.1. The van der Waals surface area contributed by atoms with Gasteiger partial charge in [0.2, 0.25) is 11.7 Å². The number of H-pyrrole nitrogens is 1. The summed E-state index contributed by atoms with van der Waals surface area (Å²) in [5.41, 5.74) is 4.35. The van der Waals surface area contributed by atoms with E-state index in [4.69, 9.17) is 18.9 Å². The standard InChI is InChI=1S/C46H61N7O10S/c1-10-51(11-2)18-12-13-38(55)42-28(3)37(47-29(42)4)25-36-35-24-33(15-14-32(35)23-39(36)56)48-40(57)16-17-41(58)63-34(26-53(46(7,8)9)45(59)30(5)62-31(6)54)27-61-44-43(49-64-50-44)52-19-21-60-22-20-52/h14-17,24-25,30,34,47H,10-13,18-23,26-27H2,1-9H3,(H,48,57)/b17-16-,36-25?/t30?,34-/m0/s1. The molecule has 2 N–H and O–H groups in total. The largest absolute Gasteiger partial charge is 0.470 e. The number of ether oxygens (including phenoxy) is 4. The van der Waals surface area contributed by atoms with Crippen LogP contribution in [0.2, 0.25) is 0 Å². The van der Waals surface area contributed by atoms with Gasteiger partial charge >= 0.3 is 11.9 Å². The zero-order valence-electron chi connectivity index (χ0n) is 38.3. The number of carbonyl (C=O) groups is 6. The van der Waals surface area contributed by atoms with E-state index in [0.29, 0.717) is 66.6 Å². The molecule has 0 bridgehead atoms. The van der Waals surface area contributed by atoms with Gasteiger partial charge < -0.3 is 43.9 Å². The van der Waals surface area contributed by atoms with Crippen LogP contribution in [0, 0.1) is 13.8 Å². The molecule has 1 fully saturated rings. The number of benzene rings is 1. The molecule has 18 heteroatoms. The number of morpholine rings is 1. The number of anilines is 2. The van der Waals surface area contributed by atoms with Crippen molar-refractivity contribution in [3.63, 3.8) is 0 Å². The number of Topliss-reactive ketones (excluding diaryl/α,β-unsaturated/α-hetero) is 2. The van der Waals surface area contributed by atoms with E-state index in [9.17, 15) is 28.8 Å². The van der Waals surface area contributed by atoms with E-state index in [1.807, 2.05) is 18.7 Å². The average molecular weight is 904 g/mol. The Labute approximate surface area is 378 Å². The summed E-state index contributed by atoms with van der Waals surface area (Å²) in [7, 11) is 0. The van der Waals surface area contributed by atoms with Crippen molar-refractivity contribution in [2.24, 2.45) is 0 Å². The van der Waals surface area contributed by atoms with E-state index in [-0.39, 0.29) is 37.0 Å². The number of nitrogens with zero attached hydrogens (tertiary/aromatic N) is 5. The molecule has 2 amide bonds. The van der Waals surface area contributed by atoms with Crippen molar-refractivity contribution in [3.05, 3.63) is 64.0 Å². The first-order chi connectivity index (χ1) is 30.4. The number of allylic oxidation sites excluding steroid dienone is 1. The second-order valence-corrected chi connectivity index (χ2v) is 17.3. The number of carbonyl (C=O) groups excluding carboxylic acids is 6. The number of nitrogens with one attached hydrogen (secondary N) is 2. The van der Waals surface area contributed by atoms with Crippen LogP contribution in [0.4, 0.5) is 11.5 Å². The normalized spacial score (nSPS) is 15.6. The minimum Gasteiger partial charge on any atom is -0.470 e. The van der Waals surface area contributed by atoms with E-state index in [0.717, 1.165) is 66.8 Å². The third-order valence-electron chi connectivity index (χ3n) is 11.1. The molecule has 1 aliphatic heterocycles. The summed E-state index contributed by atoms with van der Waals surface area (Å²) in [6.45, 7) is 20.6. The lowest BCUT2D eigenvalue weighted by atomic mass is 10.00. The minimum atomic E-state index is -1.11. The summed E-state index contributed by atoms with van der Waals surface area (Å²) in [6, 6.07) is 5.16. The van der Waals surface area contributed by atoms with Crippen molar-refractivity contribution in [2.75, 3.05) is 69.3 Å². The summed E-state index contributed by atoms with van der Waals surface area (Å²) >= 11 is 0.966. The summed E-state index contributed by atoms with van der Waals surface area (Å²) in [4.78, 5) is 87.4. The number of esters is 2. The van der Waals surface area contributed by atoms with Crippen molar-refractivity contribution >= 4 is 70.2 Å². The maximum absolute atomic E-state index is 13.6. The predicted molar refractivity (Wildman–Crippen MR) is 243 cm³/mol. The SMILES string of the molecule is CCN(CC)CCCC(=O)c1c(C)[nH]c(C=C2C(=O)Cc3ccc(NC(=O)/C=C\C(=O)O[C@H](COc4nsnc4N4CCOCC4)CN(C(=O)C(C)OC(C)=O)C(C)(C)C)cc32)c1C. The molecule has 3 aromatic rings. The van der Waals surface area contributed by atoms with Crippen LogP contribution in [0.1, 0.15) is 99.7 Å². The van der Waals surface area contributed by atoms with Crippen molar-refractivity contribution in [3.8, 4) is 5.88 Å².